The molecular formula is C25H25F6NO5S. The van der Waals surface area contributed by atoms with Crippen LogP contribution in [0.5, 0.6) is 5.75 Å². The summed E-state index contributed by atoms with van der Waals surface area (Å²) in [6.07, 6.45) is -5.35. The quantitative estimate of drug-likeness (QED) is 0.352. The summed E-state index contributed by atoms with van der Waals surface area (Å²) in [6.45, 7) is 4.79. The molecule has 2 aliphatic rings. The first-order valence-corrected chi connectivity index (χ1v) is 12.3. The summed E-state index contributed by atoms with van der Waals surface area (Å²) >= 11 is 0.471. The number of aliphatic carboxylic acids is 1. The van der Waals surface area contributed by atoms with Crippen molar-refractivity contribution in [3.05, 3.63) is 64.3 Å². The van der Waals surface area contributed by atoms with Crippen LogP contribution >= 0.6 is 11.8 Å². The lowest BCUT2D eigenvalue weighted by Crippen LogP contribution is -2.50. The molecule has 3 atom stereocenters. The standard InChI is InChI=1S/C25H25F6NO5S/c1-4-23(2,3)20(22(34)35)32-21(33)16-10-7-14-11-17(24(26,27)28)38-19(14)18(16)36-12-13-5-8-15(9-6-13)37-25(29,30)31/h5-11,14,19-20H,4,12H2,1-3H3,(H,32,33)(H,34,35)/t14?,19?,20-/m1/s1. The molecule has 1 aliphatic carbocycles. The van der Waals surface area contributed by atoms with Crippen molar-refractivity contribution in [2.45, 2.75) is 57.6 Å². The second-order valence-corrected chi connectivity index (χ2v) is 10.5. The molecular weight excluding hydrogens is 540 g/mol. The van der Waals surface area contributed by atoms with E-state index in [2.05, 4.69) is 10.1 Å². The number of hydrogen-bond acceptors (Lipinski definition) is 5. The predicted molar refractivity (Wildman–Crippen MR) is 127 cm³/mol. The minimum atomic E-state index is -4.88. The number of nitrogens with one attached hydrogen (secondary N) is 1. The second kappa shape index (κ2) is 11.0. The number of halogens is 6. The topological polar surface area (TPSA) is 84.9 Å². The molecule has 1 aromatic carbocycles. The van der Waals surface area contributed by atoms with Gasteiger partial charge in [0.15, 0.2) is 0 Å². The van der Waals surface area contributed by atoms with E-state index in [1.165, 1.54) is 24.3 Å². The molecule has 2 unspecified atom stereocenters. The SMILES string of the molecule is CCC(C)(C)[C@H](NC(=O)C1=C(OCc2ccc(OC(F)(F)F)cc2)C2SC(C(F)(F)F)=CC2C=C1)C(=O)O. The lowest BCUT2D eigenvalue weighted by atomic mass is 9.81. The third-order valence-electron chi connectivity index (χ3n) is 6.25. The highest BCUT2D eigenvalue weighted by molar-refractivity contribution is 8.04. The number of carboxylic acid groups (broad SMARTS) is 1. The molecule has 2 N–H and O–H groups in total. The van der Waals surface area contributed by atoms with Crippen LogP contribution in [-0.2, 0) is 20.9 Å². The molecule has 1 amide bonds. The van der Waals surface area contributed by atoms with Crippen LogP contribution in [-0.4, -0.2) is 40.8 Å². The van der Waals surface area contributed by atoms with Crippen molar-refractivity contribution in [3.8, 4) is 5.75 Å². The van der Waals surface area contributed by atoms with Gasteiger partial charge >= 0.3 is 18.5 Å². The molecule has 0 spiro atoms. The summed E-state index contributed by atoms with van der Waals surface area (Å²) in [7, 11) is 0. The highest BCUT2D eigenvalue weighted by Crippen LogP contribution is 2.50. The number of benzene rings is 1. The number of rotatable bonds is 9. The molecule has 1 aromatic rings. The van der Waals surface area contributed by atoms with Gasteiger partial charge in [-0.25, -0.2) is 4.79 Å². The van der Waals surface area contributed by atoms with Gasteiger partial charge in [0.2, 0.25) is 0 Å². The first-order valence-electron chi connectivity index (χ1n) is 11.4. The number of carboxylic acids is 1. The molecule has 208 valence electrons. The molecule has 6 nitrogen and oxygen atoms in total. The molecule has 0 saturated heterocycles. The average Bonchev–Trinajstić information content (AvgIpc) is 3.26. The summed E-state index contributed by atoms with van der Waals surface area (Å²) in [5.74, 6) is -3.41. The zero-order valence-electron chi connectivity index (χ0n) is 20.4. The van der Waals surface area contributed by atoms with E-state index in [-0.39, 0.29) is 17.9 Å². The zero-order valence-corrected chi connectivity index (χ0v) is 21.3. The number of hydrogen-bond donors (Lipinski definition) is 2. The van der Waals surface area contributed by atoms with E-state index < -0.39 is 57.7 Å². The fourth-order valence-corrected chi connectivity index (χ4v) is 5.08. The van der Waals surface area contributed by atoms with E-state index in [9.17, 15) is 41.0 Å². The number of alkyl halides is 6. The van der Waals surface area contributed by atoms with Gasteiger partial charge in [-0.05, 0) is 35.6 Å². The number of amides is 1. The molecule has 0 fully saturated rings. The molecule has 0 aromatic heterocycles. The molecule has 3 rings (SSSR count). The Morgan fingerprint density at radius 1 is 1.11 bits per heavy atom. The Bertz CT molecular complexity index is 1150. The first-order chi connectivity index (χ1) is 17.5. The van der Waals surface area contributed by atoms with Crippen LogP contribution in [0.4, 0.5) is 26.3 Å². The minimum absolute atomic E-state index is 0.0930. The van der Waals surface area contributed by atoms with Crippen LogP contribution in [0.3, 0.4) is 0 Å². The van der Waals surface area contributed by atoms with Gasteiger partial charge in [0.25, 0.3) is 5.91 Å². The minimum Gasteiger partial charge on any atom is -0.491 e. The zero-order chi connectivity index (χ0) is 28.5. The van der Waals surface area contributed by atoms with Gasteiger partial charge in [-0.3, -0.25) is 4.79 Å². The molecule has 1 heterocycles. The molecule has 38 heavy (non-hydrogen) atoms. The Labute approximate surface area is 218 Å². The number of allylic oxidation sites excluding steroid dienone is 3. The Hall–Kier alpha value is -3.09. The lowest BCUT2D eigenvalue weighted by Gasteiger charge is -2.32. The predicted octanol–water partition coefficient (Wildman–Crippen LogP) is 6.11. The van der Waals surface area contributed by atoms with E-state index in [1.807, 2.05) is 0 Å². The summed E-state index contributed by atoms with van der Waals surface area (Å²) in [6, 6.07) is 3.37. The summed E-state index contributed by atoms with van der Waals surface area (Å²) in [4.78, 5) is 24.2. The van der Waals surface area contributed by atoms with Gasteiger partial charge < -0.3 is 19.9 Å². The van der Waals surface area contributed by atoms with E-state index in [0.29, 0.717) is 23.7 Å². The number of fused-ring (bicyclic) bond motifs is 1. The smallest absolute Gasteiger partial charge is 0.491 e. The van der Waals surface area contributed by atoms with Crippen LogP contribution in [0, 0.1) is 11.3 Å². The maximum Gasteiger partial charge on any atom is 0.573 e. The maximum atomic E-state index is 13.4. The maximum absolute atomic E-state index is 13.4. The lowest BCUT2D eigenvalue weighted by molar-refractivity contribution is -0.274. The number of carbonyl (C=O) groups excluding carboxylic acids is 1. The normalized spacial score (nSPS) is 20.5. The van der Waals surface area contributed by atoms with Crippen molar-refractivity contribution < 1.29 is 50.5 Å². The highest BCUT2D eigenvalue weighted by Gasteiger charge is 2.46. The monoisotopic (exact) mass is 565 g/mol. The Balaban J connectivity index is 1.89. The number of carbonyl (C=O) groups is 2. The summed E-state index contributed by atoms with van der Waals surface area (Å²) in [5, 5.41) is 11.2. The van der Waals surface area contributed by atoms with E-state index >= 15 is 0 Å². The Kier molecular flexibility index (Phi) is 8.49. The Morgan fingerprint density at radius 2 is 1.74 bits per heavy atom. The first kappa shape index (κ1) is 29.5. The van der Waals surface area contributed by atoms with Crippen molar-refractivity contribution in [2.75, 3.05) is 0 Å². The fourth-order valence-electron chi connectivity index (χ4n) is 3.81. The second-order valence-electron chi connectivity index (χ2n) is 9.35. The van der Waals surface area contributed by atoms with Crippen molar-refractivity contribution in [3.63, 3.8) is 0 Å². The highest BCUT2D eigenvalue weighted by atomic mass is 32.2. The van der Waals surface area contributed by atoms with Crippen LogP contribution in [0.2, 0.25) is 0 Å². The summed E-state index contributed by atoms with van der Waals surface area (Å²) in [5.41, 5.74) is -0.608. The number of thioether (sulfide) groups is 1. The summed E-state index contributed by atoms with van der Waals surface area (Å²) < 4.78 is 87.1. The van der Waals surface area contributed by atoms with Crippen LogP contribution in [0.15, 0.2) is 58.7 Å². The third kappa shape index (κ3) is 7.06. The van der Waals surface area contributed by atoms with Crippen LogP contribution in [0.25, 0.3) is 0 Å². The van der Waals surface area contributed by atoms with Crippen molar-refractivity contribution in [1.29, 1.82) is 0 Å². The van der Waals surface area contributed by atoms with E-state index in [0.717, 1.165) is 18.2 Å². The molecule has 0 bridgehead atoms. The van der Waals surface area contributed by atoms with Crippen molar-refractivity contribution in [2.24, 2.45) is 11.3 Å². The van der Waals surface area contributed by atoms with Gasteiger partial charge in [-0.1, -0.05) is 45.1 Å². The van der Waals surface area contributed by atoms with Crippen LogP contribution in [0.1, 0.15) is 32.8 Å². The van der Waals surface area contributed by atoms with Gasteiger partial charge in [0.05, 0.1) is 15.7 Å². The fraction of sp³-hybridized carbons (Fsp3) is 0.440. The van der Waals surface area contributed by atoms with Gasteiger partial charge in [0.1, 0.15) is 24.2 Å². The van der Waals surface area contributed by atoms with E-state index in [1.54, 1.807) is 20.8 Å². The van der Waals surface area contributed by atoms with Crippen molar-refractivity contribution in [1.82, 2.24) is 5.32 Å². The Morgan fingerprint density at radius 3 is 2.26 bits per heavy atom. The van der Waals surface area contributed by atoms with Crippen molar-refractivity contribution >= 4 is 23.6 Å². The van der Waals surface area contributed by atoms with Gasteiger partial charge in [-0.15, -0.1) is 24.9 Å². The number of ether oxygens (including phenoxy) is 2. The van der Waals surface area contributed by atoms with Gasteiger partial charge in [-0.2, -0.15) is 13.2 Å². The molecule has 13 heteroatoms. The van der Waals surface area contributed by atoms with Gasteiger partial charge in [0, 0.05) is 5.92 Å². The largest absolute Gasteiger partial charge is 0.573 e. The average molecular weight is 566 g/mol. The third-order valence-corrected chi connectivity index (χ3v) is 7.65. The van der Waals surface area contributed by atoms with E-state index in [4.69, 9.17) is 4.74 Å². The molecule has 0 radical (unpaired) electrons. The molecule has 1 aliphatic heterocycles. The molecule has 0 saturated carbocycles. The van der Waals surface area contributed by atoms with Crippen LogP contribution < -0.4 is 10.1 Å².